The van der Waals surface area contributed by atoms with Crippen LogP contribution in [0.25, 0.3) is 0 Å². The summed E-state index contributed by atoms with van der Waals surface area (Å²) in [4.78, 5) is 198. The van der Waals surface area contributed by atoms with Gasteiger partial charge in [-0.05, 0) is 102 Å². The second-order valence-electron chi connectivity index (χ2n) is 26.4. The molecule has 2 rings (SSSR count). The molecule has 0 fully saturated rings. The summed E-state index contributed by atoms with van der Waals surface area (Å²) in [6.07, 6.45) is 2.03. The molecule has 39 heteroatoms. The van der Waals surface area contributed by atoms with E-state index in [-0.39, 0.29) is 69.1 Å². The van der Waals surface area contributed by atoms with Crippen LogP contribution < -0.4 is 97.8 Å². The summed E-state index contributed by atoms with van der Waals surface area (Å²) in [6.45, 7) is 12.5. The number of aliphatic carboxylic acids is 1. The smallest absolute Gasteiger partial charge is 0.326 e. The highest BCUT2D eigenvalue weighted by molar-refractivity contribution is 7.80. The Morgan fingerprint density at radius 2 is 0.876 bits per heavy atom. The lowest BCUT2D eigenvalue weighted by molar-refractivity contribution is -0.143. The van der Waals surface area contributed by atoms with Gasteiger partial charge in [0.05, 0.1) is 24.2 Å². The molecule has 0 aliphatic heterocycles. The molecule has 14 atom stereocenters. The zero-order chi connectivity index (χ0) is 79.2. The molecule has 0 spiro atoms. The van der Waals surface area contributed by atoms with Gasteiger partial charge in [0.1, 0.15) is 72.5 Å². The highest BCUT2D eigenvalue weighted by atomic mass is 32.1. The van der Waals surface area contributed by atoms with Crippen molar-refractivity contribution in [3.63, 3.8) is 0 Å². The number of amides is 13. The Morgan fingerprint density at radius 3 is 1.34 bits per heavy atom. The molecular weight excluding hydrogens is 1410 g/mol. The van der Waals surface area contributed by atoms with Crippen LogP contribution in [0.15, 0.2) is 42.9 Å². The van der Waals surface area contributed by atoms with E-state index in [4.69, 9.17) is 34.1 Å². The summed E-state index contributed by atoms with van der Waals surface area (Å²) in [5, 5.41) is 61.0. The van der Waals surface area contributed by atoms with Crippen LogP contribution in [0.3, 0.4) is 0 Å². The van der Waals surface area contributed by atoms with Crippen molar-refractivity contribution in [3.05, 3.63) is 54.1 Å². The lowest BCUT2D eigenvalue weighted by Gasteiger charge is -2.30. The first-order valence-electron chi connectivity index (χ1n) is 34.8. The van der Waals surface area contributed by atoms with E-state index in [0.717, 1.165) is 0 Å². The van der Waals surface area contributed by atoms with Gasteiger partial charge in [-0.25, -0.2) is 9.78 Å². The van der Waals surface area contributed by atoms with Gasteiger partial charge in [-0.15, -0.1) is 0 Å². The van der Waals surface area contributed by atoms with Crippen LogP contribution in [0.2, 0.25) is 0 Å². The Balaban J connectivity index is 2.36. The number of nitrogens with two attached hydrogens (primary N) is 5. The average molecular weight is 1520 g/mol. The SMILES string of the molecule is CC(C)[C@H](NC(=O)[C@H](CCCNC(=N)N)NC(=O)[C@H](CS)NC(=O)[C@H](C)NC(=O)[C@H](Cc1ccccc1)NC(=O)[C@@H](N)CCCCN)C(=O)N[C@H](C(=O)N[C@@H](CCC(N)=O)C(=O)N[C@@H](CCCCN)C(=O)N[C@@H](CS)C(=O)N[C@H](C(=O)N[C@H](C(=O)N[C@@H](Cc1c[nH]cn1)C(=O)O)[C@@H](C)O)C(C)C)C(C)C. The fraction of sp³-hybridized carbons (Fsp3) is 0.636. The number of aliphatic hydroxyl groups is 1. The summed E-state index contributed by atoms with van der Waals surface area (Å²) in [5.74, 6) is -16.4. The number of hydrogen-bond acceptors (Lipinski definition) is 22. The number of carbonyl (C=O) groups is 14. The van der Waals surface area contributed by atoms with Crippen molar-refractivity contribution >= 4 is 114 Å². The third-order valence-corrected chi connectivity index (χ3v) is 17.2. The van der Waals surface area contributed by atoms with Gasteiger partial charge in [0, 0.05) is 43.5 Å². The Bertz CT molecular complexity index is 3190. The number of primary amides is 1. The molecule has 1 heterocycles. The minimum atomic E-state index is -1.71. The number of carboxylic acids is 1. The predicted octanol–water partition coefficient (Wildman–Crippen LogP) is -5.56. The molecule has 0 bridgehead atoms. The molecule has 1 aromatic carbocycles. The molecule has 2 aromatic rings. The van der Waals surface area contributed by atoms with Gasteiger partial charge >= 0.3 is 5.97 Å². The third-order valence-electron chi connectivity index (χ3n) is 16.5. The second-order valence-corrected chi connectivity index (χ2v) is 27.1. The zero-order valence-electron chi connectivity index (χ0n) is 60.7. The molecule has 0 aliphatic rings. The van der Waals surface area contributed by atoms with E-state index in [1.54, 1.807) is 71.9 Å². The van der Waals surface area contributed by atoms with Gasteiger partial charge in [-0.3, -0.25) is 67.7 Å². The van der Waals surface area contributed by atoms with Crippen LogP contribution in [0.5, 0.6) is 0 Å². The van der Waals surface area contributed by atoms with E-state index < -0.39 is 198 Å². The van der Waals surface area contributed by atoms with Crippen molar-refractivity contribution in [2.75, 3.05) is 31.1 Å². The number of benzene rings is 1. The summed E-state index contributed by atoms with van der Waals surface area (Å²) in [7, 11) is 0. The van der Waals surface area contributed by atoms with E-state index in [9.17, 15) is 77.3 Å². The highest BCUT2D eigenvalue weighted by Crippen LogP contribution is 2.14. The number of aliphatic hydroxyl groups excluding tert-OH is 1. The normalized spacial score (nSPS) is 15.2. The lowest BCUT2D eigenvalue weighted by Crippen LogP contribution is -2.62. The van der Waals surface area contributed by atoms with E-state index >= 15 is 0 Å². The zero-order valence-corrected chi connectivity index (χ0v) is 62.5. The first kappa shape index (κ1) is 91.9. The quantitative estimate of drug-likeness (QED) is 0.0127. The Labute approximate surface area is 621 Å². The van der Waals surface area contributed by atoms with Crippen LogP contribution in [0, 0.1) is 23.2 Å². The topological polar surface area (TPSA) is 618 Å². The number of carboxylic acid groups (broad SMARTS) is 1. The summed E-state index contributed by atoms with van der Waals surface area (Å²) in [6, 6.07) is -9.63. The van der Waals surface area contributed by atoms with Crippen molar-refractivity contribution in [2.45, 2.75) is 217 Å². The number of thiol groups is 2. The number of hydrogen-bond donors (Lipinski definition) is 24. The number of aromatic nitrogens is 2. The van der Waals surface area contributed by atoms with Crippen molar-refractivity contribution in [1.82, 2.24) is 79.1 Å². The minimum absolute atomic E-state index is 0.0346. The lowest BCUT2D eigenvalue weighted by atomic mass is 9.98. The van der Waals surface area contributed by atoms with Crippen molar-refractivity contribution in [3.8, 4) is 0 Å². The number of H-pyrrole nitrogens is 1. The number of rotatable bonds is 50. The van der Waals surface area contributed by atoms with Gasteiger partial charge in [0.25, 0.3) is 0 Å². The average Bonchev–Trinajstić information content (AvgIpc) is 0.985. The molecule has 0 saturated heterocycles. The molecule has 105 heavy (non-hydrogen) atoms. The Kier molecular flexibility index (Phi) is 42.0. The monoisotopic (exact) mass is 1520 g/mol. The number of guanidine groups is 1. The van der Waals surface area contributed by atoms with E-state index in [1.807, 2.05) is 0 Å². The Hall–Kier alpha value is -9.18. The fourth-order valence-electron chi connectivity index (χ4n) is 10.3. The first-order chi connectivity index (χ1) is 49.5. The summed E-state index contributed by atoms with van der Waals surface area (Å²) >= 11 is 8.55. The molecule has 13 amide bonds. The standard InChI is InChI=1S/C66H111N21O16S2/c1-33(2)49(86-62(99)50(34(3)4)84-57(94)42(21-16-26-74-66(71)72)78-59(96)46(30-104)82-53(90)36(7)76-58(95)44(27-38-17-10-9-11-18-38)80-54(91)40(69)19-12-14-24-67)61(98)79-43(22-23-48(70)89)56(93)77-41(20-13-15-25-68)55(92)83-47(31-105)60(97)85-51(35(5)6)63(100)87-52(37(8)88)64(101)81-45(65(102)103)28-39-29-73-32-75-39/h9-11,17-18,29,32-37,40-47,49-52,88,104-105H,12-16,19-28,30-31,67-69H2,1-8H3,(H2,70,89)(H,73,75)(H,76,95)(H,77,93)(H,78,96)(H,79,98)(H,80,91)(H,81,101)(H,82,90)(H,83,92)(H,84,94)(H,85,97)(H,86,99)(H,87,100)(H,102,103)(H4,71,72,74)/t36-,37+,40-,41-,42-,43-,44-,45-,46-,47-,49-,50-,51-,52-/m0/s1. The third kappa shape index (κ3) is 33.6. The van der Waals surface area contributed by atoms with Gasteiger partial charge < -0.3 is 113 Å². The van der Waals surface area contributed by atoms with Gasteiger partial charge in [0.15, 0.2) is 5.96 Å². The number of aromatic amines is 1. The molecule has 37 nitrogen and oxygen atoms in total. The molecule has 27 N–H and O–H groups in total. The van der Waals surface area contributed by atoms with Crippen LogP contribution in [0.1, 0.15) is 131 Å². The van der Waals surface area contributed by atoms with Gasteiger partial charge in [-0.1, -0.05) is 78.3 Å². The highest BCUT2D eigenvalue weighted by Gasteiger charge is 2.39. The number of carbonyl (C=O) groups excluding carboxylic acids is 13. The van der Waals surface area contributed by atoms with Crippen molar-refractivity contribution in [2.24, 2.45) is 46.4 Å². The molecule has 0 saturated carbocycles. The van der Waals surface area contributed by atoms with Crippen molar-refractivity contribution in [1.29, 1.82) is 5.41 Å². The molecular formula is C66H111N21O16S2. The number of nitrogens with one attached hydrogen (secondary N) is 15. The number of nitrogens with zero attached hydrogens (tertiary/aromatic N) is 1. The minimum Gasteiger partial charge on any atom is -0.480 e. The maximum absolute atomic E-state index is 14.4. The van der Waals surface area contributed by atoms with Crippen LogP contribution in [-0.2, 0) is 80.0 Å². The van der Waals surface area contributed by atoms with E-state index in [1.165, 1.54) is 26.4 Å². The number of unbranched alkanes of at least 4 members (excludes halogenated alkanes) is 2. The number of imidazole rings is 1. The second kappa shape index (κ2) is 48.0. The van der Waals surface area contributed by atoms with E-state index in [0.29, 0.717) is 43.5 Å². The fourth-order valence-corrected chi connectivity index (χ4v) is 10.8. The molecule has 0 radical (unpaired) electrons. The van der Waals surface area contributed by atoms with Gasteiger partial charge in [0.2, 0.25) is 76.8 Å². The van der Waals surface area contributed by atoms with Gasteiger partial charge in [-0.2, -0.15) is 25.3 Å². The Morgan fingerprint density at radius 1 is 0.476 bits per heavy atom. The summed E-state index contributed by atoms with van der Waals surface area (Å²) in [5.41, 5.74) is 29.5. The molecule has 0 unspecified atom stereocenters. The molecule has 0 aliphatic carbocycles. The van der Waals surface area contributed by atoms with Crippen LogP contribution in [-0.4, -0.2) is 225 Å². The van der Waals surface area contributed by atoms with E-state index in [2.05, 4.69) is 104 Å². The van der Waals surface area contributed by atoms with Crippen molar-refractivity contribution < 1.29 is 77.3 Å². The maximum Gasteiger partial charge on any atom is 0.326 e. The van der Waals surface area contributed by atoms with Crippen LogP contribution in [0.4, 0.5) is 0 Å². The predicted molar refractivity (Wildman–Crippen MR) is 394 cm³/mol. The maximum atomic E-state index is 14.4. The largest absolute Gasteiger partial charge is 0.480 e. The molecule has 1 aromatic heterocycles. The van der Waals surface area contributed by atoms with Crippen LogP contribution >= 0.6 is 25.3 Å². The first-order valence-corrected chi connectivity index (χ1v) is 36.1. The summed E-state index contributed by atoms with van der Waals surface area (Å²) < 4.78 is 0. The molecule has 588 valence electrons.